The molecule has 1 aliphatic heterocycles. The van der Waals surface area contributed by atoms with E-state index in [1.807, 2.05) is 0 Å². The van der Waals surface area contributed by atoms with Crippen LogP contribution in [0.15, 0.2) is 6.20 Å². The van der Waals surface area contributed by atoms with Crippen molar-refractivity contribution in [2.75, 3.05) is 19.6 Å². The van der Waals surface area contributed by atoms with Crippen LogP contribution in [0.5, 0.6) is 0 Å². The lowest BCUT2D eigenvalue weighted by Crippen LogP contribution is -2.61. The first-order valence-electron chi connectivity index (χ1n) is 6.25. The van der Waals surface area contributed by atoms with Gasteiger partial charge >= 0.3 is 0 Å². The second-order valence-corrected chi connectivity index (χ2v) is 4.87. The summed E-state index contributed by atoms with van der Waals surface area (Å²) in [5, 5.41) is 10.6. The molecule has 18 heavy (non-hydrogen) atoms. The van der Waals surface area contributed by atoms with Crippen molar-refractivity contribution in [3.8, 4) is 0 Å². The van der Waals surface area contributed by atoms with Gasteiger partial charge in [0, 0.05) is 25.7 Å². The minimum Gasteiger partial charge on any atom is -0.345 e. The minimum absolute atomic E-state index is 0.160. The summed E-state index contributed by atoms with van der Waals surface area (Å²) in [7, 11) is 0. The summed E-state index contributed by atoms with van der Waals surface area (Å²) in [5.74, 6) is -0.160. The SMILES string of the molecule is CC(C)N1CC(NC(=O)c2cn(CCN)nn2)C1. The third-order valence-corrected chi connectivity index (χ3v) is 3.10. The summed E-state index contributed by atoms with van der Waals surface area (Å²) in [6, 6.07) is 0.753. The number of amides is 1. The van der Waals surface area contributed by atoms with Crippen LogP contribution in [0.25, 0.3) is 0 Å². The molecule has 7 nitrogen and oxygen atoms in total. The Kier molecular flexibility index (Phi) is 3.93. The van der Waals surface area contributed by atoms with E-state index in [1.54, 1.807) is 10.9 Å². The summed E-state index contributed by atoms with van der Waals surface area (Å²) in [6.07, 6.45) is 1.63. The smallest absolute Gasteiger partial charge is 0.273 e. The van der Waals surface area contributed by atoms with E-state index in [1.165, 1.54) is 0 Å². The van der Waals surface area contributed by atoms with Crippen LogP contribution in [0.2, 0.25) is 0 Å². The fourth-order valence-corrected chi connectivity index (χ4v) is 1.93. The second kappa shape index (κ2) is 5.45. The number of nitrogens with one attached hydrogen (secondary N) is 1. The normalized spacial score (nSPS) is 16.9. The molecule has 2 heterocycles. The Hall–Kier alpha value is -1.47. The molecule has 1 fully saturated rings. The molecule has 2 rings (SSSR count). The van der Waals surface area contributed by atoms with Crippen molar-refractivity contribution < 1.29 is 4.79 Å². The molecule has 1 aromatic heterocycles. The summed E-state index contributed by atoms with van der Waals surface area (Å²) in [5.41, 5.74) is 5.76. The molecule has 7 heteroatoms. The first-order valence-corrected chi connectivity index (χ1v) is 6.25. The number of nitrogens with zero attached hydrogens (tertiary/aromatic N) is 4. The number of carbonyl (C=O) groups is 1. The Morgan fingerprint density at radius 3 is 2.94 bits per heavy atom. The van der Waals surface area contributed by atoms with Gasteiger partial charge in [-0.1, -0.05) is 5.21 Å². The van der Waals surface area contributed by atoms with Gasteiger partial charge in [0.1, 0.15) is 0 Å². The van der Waals surface area contributed by atoms with Crippen molar-refractivity contribution in [3.05, 3.63) is 11.9 Å². The van der Waals surface area contributed by atoms with Crippen molar-refractivity contribution in [1.29, 1.82) is 0 Å². The van der Waals surface area contributed by atoms with Crippen molar-refractivity contribution in [2.45, 2.75) is 32.5 Å². The Bertz CT molecular complexity index is 409. The molecule has 0 bridgehead atoms. The van der Waals surface area contributed by atoms with E-state index >= 15 is 0 Å². The predicted molar refractivity (Wildman–Crippen MR) is 67.0 cm³/mol. The number of hydrogen-bond donors (Lipinski definition) is 2. The van der Waals surface area contributed by atoms with Crippen LogP contribution >= 0.6 is 0 Å². The lowest BCUT2D eigenvalue weighted by atomic mass is 10.1. The van der Waals surface area contributed by atoms with Gasteiger partial charge in [-0.3, -0.25) is 14.4 Å². The standard InChI is InChI=1S/C11H20N6O/c1-8(2)16-5-9(6-16)13-11(18)10-7-17(4-3-12)15-14-10/h7-9H,3-6,12H2,1-2H3,(H,13,18). The molecule has 0 saturated carbocycles. The van der Waals surface area contributed by atoms with E-state index in [4.69, 9.17) is 5.73 Å². The molecule has 0 atom stereocenters. The van der Waals surface area contributed by atoms with E-state index in [0.717, 1.165) is 13.1 Å². The molecule has 0 radical (unpaired) electrons. The summed E-state index contributed by atoms with van der Waals surface area (Å²) in [4.78, 5) is 14.2. The molecular formula is C11H20N6O. The van der Waals surface area contributed by atoms with E-state index in [-0.39, 0.29) is 11.9 Å². The van der Waals surface area contributed by atoms with Gasteiger partial charge in [0.15, 0.2) is 5.69 Å². The Morgan fingerprint density at radius 2 is 2.33 bits per heavy atom. The fourth-order valence-electron chi connectivity index (χ4n) is 1.93. The number of aromatic nitrogens is 3. The maximum absolute atomic E-state index is 11.9. The van der Waals surface area contributed by atoms with Crippen molar-refractivity contribution in [1.82, 2.24) is 25.2 Å². The first-order chi connectivity index (χ1) is 8.60. The van der Waals surface area contributed by atoms with Gasteiger partial charge in [0.05, 0.1) is 18.8 Å². The van der Waals surface area contributed by atoms with Gasteiger partial charge in [-0.05, 0) is 13.8 Å². The topological polar surface area (TPSA) is 89.1 Å². The Balaban J connectivity index is 1.81. The third-order valence-electron chi connectivity index (χ3n) is 3.10. The number of nitrogens with two attached hydrogens (primary N) is 1. The third kappa shape index (κ3) is 2.85. The van der Waals surface area contributed by atoms with Crippen LogP contribution in [0.3, 0.4) is 0 Å². The maximum Gasteiger partial charge on any atom is 0.273 e. The van der Waals surface area contributed by atoms with Gasteiger partial charge in [0.25, 0.3) is 5.91 Å². The van der Waals surface area contributed by atoms with E-state index in [2.05, 4.69) is 34.4 Å². The summed E-state index contributed by atoms with van der Waals surface area (Å²) < 4.78 is 1.58. The molecule has 0 unspecified atom stereocenters. The zero-order valence-corrected chi connectivity index (χ0v) is 10.8. The minimum atomic E-state index is -0.160. The fraction of sp³-hybridized carbons (Fsp3) is 0.727. The van der Waals surface area contributed by atoms with Gasteiger partial charge in [-0.2, -0.15) is 0 Å². The molecule has 1 saturated heterocycles. The highest BCUT2D eigenvalue weighted by atomic mass is 16.2. The van der Waals surface area contributed by atoms with Crippen molar-refractivity contribution in [2.24, 2.45) is 5.73 Å². The molecular weight excluding hydrogens is 232 g/mol. The van der Waals surface area contributed by atoms with E-state index in [9.17, 15) is 4.79 Å². The lowest BCUT2D eigenvalue weighted by molar-refractivity contribution is 0.0710. The second-order valence-electron chi connectivity index (χ2n) is 4.87. The van der Waals surface area contributed by atoms with Crippen LogP contribution in [0.4, 0.5) is 0 Å². The van der Waals surface area contributed by atoms with Crippen LogP contribution in [-0.4, -0.2) is 57.5 Å². The highest BCUT2D eigenvalue weighted by Crippen LogP contribution is 2.11. The van der Waals surface area contributed by atoms with Gasteiger partial charge < -0.3 is 11.1 Å². The zero-order chi connectivity index (χ0) is 13.1. The Morgan fingerprint density at radius 1 is 1.61 bits per heavy atom. The Labute approximate surface area is 106 Å². The average molecular weight is 252 g/mol. The average Bonchev–Trinajstić information content (AvgIpc) is 2.71. The quantitative estimate of drug-likeness (QED) is 0.706. The highest BCUT2D eigenvalue weighted by molar-refractivity contribution is 5.92. The number of rotatable bonds is 5. The molecule has 3 N–H and O–H groups in total. The van der Waals surface area contributed by atoms with Crippen LogP contribution < -0.4 is 11.1 Å². The van der Waals surface area contributed by atoms with Crippen LogP contribution in [0.1, 0.15) is 24.3 Å². The van der Waals surface area contributed by atoms with Crippen molar-refractivity contribution >= 4 is 5.91 Å². The molecule has 1 aromatic rings. The monoisotopic (exact) mass is 252 g/mol. The summed E-state index contributed by atoms with van der Waals surface area (Å²) in [6.45, 7) is 7.16. The lowest BCUT2D eigenvalue weighted by Gasteiger charge is -2.42. The zero-order valence-electron chi connectivity index (χ0n) is 10.8. The van der Waals surface area contributed by atoms with Crippen LogP contribution in [0, 0.1) is 0 Å². The molecule has 0 aromatic carbocycles. The van der Waals surface area contributed by atoms with Gasteiger partial charge in [-0.15, -0.1) is 5.10 Å². The molecule has 100 valence electrons. The molecule has 0 spiro atoms. The van der Waals surface area contributed by atoms with E-state index in [0.29, 0.717) is 24.8 Å². The molecule has 1 aliphatic rings. The van der Waals surface area contributed by atoms with Crippen molar-refractivity contribution in [3.63, 3.8) is 0 Å². The maximum atomic E-state index is 11.9. The highest BCUT2D eigenvalue weighted by Gasteiger charge is 2.30. The van der Waals surface area contributed by atoms with Gasteiger partial charge in [-0.25, -0.2) is 0 Å². The van der Waals surface area contributed by atoms with E-state index < -0.39 is 0 Å². The van der Waals surface area contributed by atoms with Crippen LogP contribution in [-0.2, 0) is 6.54 Å². The largest absolute Gasteiger partial charge is 0.345 e. The van der Waals surface area contributed by atoms with Gasteiger partial charge in [0.2, 0.25) is 0 Å². The molecule has 0 aliphatic carbocycles. The summed E-state index contributed by atoms with van der Waals surface area (Å²) >= 11 is 0. The number of hydrogen-bond acceptors (Lipinski definition) is 5. The first kappa shape index (κ1) is 13.0. The number of likely N-dealkylation sites (tertiary alicyclic amines) is 1. The number of carbonyl (C=O) groups excluding carboxylic acids is 1. The predicted octanol–water partition coefficient (Wildman–Crippen LogP) is -0.941. The molecule has 1 amide bonds.